The van der Waals surface area contributed by atoms with Crippen LogP contribution in [-0.4, -0.2) is 63.7 Å². The first-order valence-corrected chi connectivity index (χ1v) is 10.8. The molecule has 9 heteroatoms. The Morgan fingerprint density at radius 3 is 2.47 bits per heavy atom. The van der Waals surface area contributed by atoms with Gasteiger partial charge in [0.05, 0.1) is 27.2 Å². The molecule has 1 saturated carbocycles. The van der Waals surface area contributed by atoms with Crippen LogP contribution >= 0.6 is 11.3 Å². The Morgan fingerprint density at radius 1 is 1.00 bits per heavy atom. The van der Waals surface area contributed by atoms with E-state index in [1.807, 2.05) is 12.1 Å². The van der Waals surface area contributed by atoms with E-state index >= 15 is 0 Å². The van der Waals surface area contributed by atoms with Crippen LogP contribution in [0.1, 0.15) is 32.9 Å². The number of hydrogen-bond acceptors (Lipinski definition) is 5. The van der Waals surface area contributed by atoms with Crippen molar-refractivity contribution in [2.24, 2.45) is 5.92 Å². The standard InChI is InChI=1S/C21H21N5O3S/c27-19(13-1-2-13)24-18-6-5-17(30-18)21(29)26-9-7-25(8-10-26)20(28)14-3-4-15-16(11-14)23-12-22-15/h3-6,11-13H,1-2,7-10H2,(H,22,23)(H,24,27). The van der Waals surface area contributed by atoms with Crippen molar-refractivity contribution in [3.8, 4) is 0 Å². The quantitative estimate of drug-likeness (QED) is 0.674. The fraction of sp³-hybridized carbons (Fsp3) is 0.333. The van der Waals surface area contributed by atoms with Gasteiger partial charge in [-0.2, -0.15) is 0 Å². The molecule has 3 heterocycles. The lowest BCUT2D eigenvalue weighted by Crippen LogP contribution is -2.50. The Labute approximate surface area is 176 Å². The number of aromatic nitrogens is 2. The number of carbonyl (C=O) groups excluding carboxylic acids is 3. The van der Waals surface area contributed by atoms with Gasteiger partial charge in [-0.3, -0.25) is 14.4 Å². The molecule has 154 valence electrons. The summed E-state index contributed by atoms with van der Waals surface area (Å²) in [6.45, 7) is 1.95. The van der Waals surface area contributed by atoms with E-state index in [1.165, 1.54) is 11.3 Å². The highest BCUT2D eigenvalue weighted by Gasteiger charge is 2.30. The van der Waals surface area contributed by atoms with E-state index in [1.54, 1.807) is 34.3 Å². The minimum atomic E-state index is -0.0575. The Bertz CT molecular complexity index is 1120. The molecule has 30 heavy (non-hydrogen) atoms. The minimum absolute atomic E-state index is 0.0382. The molecule has 3 aromatic rings. The first-order valence-electron chi connectivity index (χ1n) is 10.0. The maximum atomic E-state index is 12.8. The summed E-state index contributed by atoms with van der Waals surface area (Å²) in [6.07, 6.45) is 3.50. The number of aromatic amines is 1. The number of benzene rings is 1. The van der Waals surface area contributed by atoms with Crippen LogP contribution in [0.25, 0.3) is 11.0 Å². The summed E-state index contributed by atoms with van der Waals surface area (Å²) >= 11 is 1.30. The molecule has 0 unspecified atom stereocenters. The number of anilines is 1. The zero-order valence-electron chi connectivity index (χ0n) is 16.3. The average molecular weight is 423 g/mol. The van der Waals surface area contributed by atoms with Gasteiger partial charge >= 0.3 is 0 Å². The highest BCUT2D eigenvalue weighted by Crippen LogP contribution is 2.32. The minimum Gasteiger partial charge on any atom is -0.345 e. The molecule has 1 saturated heterocycles. The summed E-state index contributed by atoms with van der Waals surface area (Å²) in [7, 11) is 0. The van der Waals surface area contributed by atoms with Crippen molar-refractivity contribution >= 4 is 45.1 Å². The fourth-order valence-corrected chi connectivity index (χ4v) is 4.49. The van der Waals surface area contributed by atoms with Crippen molar-refractivity contribution in [3.05, 3.63) is 47.1 Å². The molecule has 1 aliphatic carbocycles. The van der Waals surface area contributed by atoms with Gasteiger partial charge in [0, 0.05) is 37.7 Å². The molecule has 1 aromatic carbocycles. The maximum absolute atomic E-state index is 12.8. The third-order valence-corrected chi connectivity index (χ3v) is 6.52. The van der Waals surface area contributed by atoms with E-state index in [9.17, 15) is 14.4 Å². The van der Waals surface area contributed by atoms with E-state index < -0.39 is 0 Å². The topological polar surface area (TPSA) is 98.4 Å². The number of piperazine rings is 1. The number of rotatable bonds is 4. The highest BCUT2D eigenvalue weighted by molar-refractivity contribution is 7.18. The number of H-pyrrole nitrogens is 1. The van der Waals surface area contributed by atoms with Gasteiger partial charge in [-0.15, -0.1) is 11.3 Å². The maximum Gasteiger partial charge on any atom is 0.264 e. The third-order valence-electron chi connectivity index (χ3n) is 5.53. The summed E-state index contributed by atoms with van der Waals surface area (Å²) < 4.78 is 0. The van der Waals surface area contributed by atoms with E-state index in [4.69, 9.17) is 0 Å². The monoisotopic (exact) mass is 423 g/mol. The molecular formula is C21H21N5O3S. The first kappa shape index (κ1) is 18.8. The molecule has 0 radical (unpaired) electrons. The van der Waals surface area contributed by atoms with Gasteiger partial charge < -0.3 is 20.1 Å². The van der Waals surface area contributed by atoms with Crippen LogP contribution in [0.2, 0.25) is 0 Å². The Kier molecular flexibility index (Phi) is 4.74. The Morgan fingerprint density at radius 2 is 1.73 bits per heavy atom. The number of imidazole rings is 1. The molecule has 1 aliphatic heterocycles. The second-order valence-corrected chi connectivity index (χ2v) is 8.73. The summed E-state index contributed by atoms with van der Waals surface area (Å²) in [5.41, 5.74) is 2.27. The van der Waals surface area contributed by atoms with Gasteiger partial charge in [0.15, 0.2) is 0 Å². The third kappa shape index (κ3) is 3.68. The number of carbonyl (C=O) groups is 3. The summed E-state index contributed by atoms with van der Waals surface area (Å²) in [6, 6.07) is 8.96. The van der Waals surface area contributed by atoms with Crippen LogP contribution in [0.4, 0.5) is 5.00 Å². The molecule has 8 nitrogen and oxygen atoms in total. The van der Waals surface area contributed by atoms with Crippen LogP contribution in [0.3, 0.4) is 0 Å². The Balaban J connectivity index is 1.19. The lowest BCUT2D eigenvalue weighted by molar-refractivity contribution is -0.117. The molecule has 3 amide bonds. The van der Waals surface area contributed by atoms with E-state index in [0.717, 1.165) is 23.9 Å². The van der Waals surface area contributed by atoms with Crippen molar-refractivity contribution < 1.29 is 14.4 Å². The Hall–Kier alpha value is -3.20. The van der Waals surface area contributed by atoms with Crippen LogP contribution < -0.4 is 5.32 Å². The van der Waals surface area contributed by atoms with E-state index in [2.05, 4.69) is 15.3 Å². The molecule has 0 bridgehead atoms. The van der Waals surface area contributed by atoms with Gasteiger partial charge in [0.2, 0.25) is 5.91 Å². The smallest absolute Gasteiger partial charge is 0.264 e. The number of hydrogen-bond donors (Lipinski definition) is 2. The predicted molar refractivity (Wildman–Crippen MR) is 114 cm³/mol. The number of nitrogens with one attached hydrogen (secondary N) is 2. The van der Waals surface area contributed by atoms with Gasteiger partial charge in [-0.05, 0) is 43.2 Å². The highest BCUT2D eigenvalue weighted by atomic mass is 32.1. The molecule has 5 rings (SSSR count). The second-order valence-electron chi connectivity index (χ2n) is 7.65. The predicted octanol–water partition coefficient (Wildman–Crippen LogP) is 2.57. The molecule has 0 spiro atoms. The van der Waals surface area contributed by atoms with Crippen LogP contribution in [0.5, 0.6) is 0 Å². The largest absolute Gasteiger partial charge is 0.345 e. The van der Waals surface area contributed by atoms with Crippen LogP contribution in [0, 0.1) is 5.92 Å². The number of thiophene rings is 1. The summed E-state index contributed by atoms with van der Waals surface area (Å²) in [5, 5.41) is 3.59. The van der Waals surface area contributed by atoms with Gasteiger partial charge in [-0.25, -0.2) is 4.98 Å². The van der Waals surface area contributed by atoms with Gasteiger partial charge in [0.25, 0.3) is 11.8 Å². The van der Waals surface area contributed by atoms with Crippen molar-refractivity contribution in [2.75, 3.05) is 31.5 Å². The van der Waals surface area contributed by atoms with E-state index in [-0.39, 0.29) is 23.6 Å². The van der Waals surface area contributed by atoms with Crippen molar-refractivity contribution in [3.63, 3.8) is 0 Å². The SMILES string of the molecule is O=C(Nc1ccc(C(=O)N2CCN(C(=O)c3ccc4nc[nH]c4c3)CC2)s1)C1CC1. The first-order chi connectivity index (χ1) is 14.6. The normalized spacial score (nSPS) is 16.7. The molecule has 2 N–H and O–H groups in total. The van der Waals surface area contributed by atoms with Gasteiger partial charge in [-0.1, -0.05) is 0 Å². The lowest BCUT2D eigenvalue weighted by atomic mass is 10.1. The van der Waals surface area contributed by atoms with E-state index in [0.29, 0.717) is 41.6 Å². The second kappa shape index (κ2) is 7.56. The molecule has 0 atom stereocenters. The number of fused-ring (bicyclic) bond motifs is 1. The molecular weight excluding hydrogens is 402 g/mol. The molecule has 2 fully saturated rings. The number of nitrogens with zero attached hydrogens (tertiary/aromatic N) is 3. The zero-order valence-corrected chi connectivity index (χ0v) is 17.1. The fourth-order valence-electron chi connectivity index (χ4n) is 3.61. The van der Waals surface area contributed by atoms with Crippen LogP contribution in [-0.2, 0) is 4.79 Å². The molecule has 2 aliphatic rings. The summed E-state index contributed by atoms with van der Waals surface area (Å²) in [4.78, 5) is 48.9. The van der Waals surface area contributed by atoms with Crippen LogP contribution in [0.15, 0.2) is 36.7 Å². The lowest BCUT2D eigenvalue weighted by Gasteiger charge is -2.34. The number of amides is 3. The molecule has 2 aromatic heterocycles. The zero-order chi connectivity index (χ0) is 20.7. The van der Waals surface area contributed by atoms with Crippen molar-refractivity contribution in [2.45, 2.75) is 12.8 Å². The van der Waals surface area contributed by atoms with Crippen molar-refractivity contribution in [1.29, 1.82) is 0 Å². The van der Waals surface area contributed by atoms with Crippen molar-refractivity contribution in [1.82, 2.24) is 19.8 Å². The van der Waals surface area contributed by atoms with Gasteiger partial charge in [0.1, 0.15) is 0 Å². The summed E-state index contributed by atoms with van der Waals surface area (Å²) in [5.74, 6) is 0.0693. The average Bonchev–Trinajstić information content (AvgIpc) is 3.35.